The molecule has 0 aromatic heterocycles. The standard InChI is InChI=1S/C14H16FNO5S/c15-11-7-8-16(9-11)22(20,21)12-3-1-10(2-4-12)13(17)5-6-14(18)19/h1-4,11H,5-9H2,(H,18,19)/t11-/m1/s1. The van der Waals surface area contributed by atoms with Gasteiger partial charge < -0.3 is 5.11 Å². The monoisotopic (exact) mass is 329 g/mol. The van der Waals surface area contributed by atoms with E-state index in [0.717, 1.165) is 4.31 Å². The van der Waals surface area contributed by atoms with Crippen molar-refractivity contribution in [3.63, 3.8) is 0 Å². The minimum absolute atomic E-state index is 0.00335. The van der Waals surface area contributed by atoms with Crippen LogP contribution in [0, 0.1) is 0 Å². The molecular weight excluding hydrogens is 313 g/mol. The Bertz CT molecular complexity index is 671. The second-order valence-electron chi connectivity index (χ2n) is 5.09. The van der Waals surface area contributed by atoms with Crippen molar-refractivity contribution in [2.75, 3.05) is 13.1 Å². The Morgan fingerprint density at radius 2 is 1.86 bits per heavy atom. The van der Waals surface area contributed by atoms with Crippen molar-refractivity contribution in [3.8, 4) is 0 Å². The number of carbonyl (C=O) groups excluding carboxylic acids is 1. The number of rotatable bonds is 6. The van der Waals surface area contributed by atoms with Gasteiger partial charge in [0.15, 0.2) is 5.78 Å². The zero-order valence-electron chi connectivity index (χ0n) is 11.7. The number of hydrogen-bond donors (Lipinski definition) is 1. The third-order valence-corrected chi connectivity index (χ3v) is 5.35. The number of hydrogen-bond acceptors (Lipinski definition) is 4. The molecule has 1 heterocycles. The van der Waals surface area contributed by atoms with Gasteiger partial charge in [0.25, 0.3) is 0 Å². The van der Waals surface area contributed by atoms with Gasteiger partial charge in [0.1, 0.15) is 6.17 Å². The molecule has 0 bridgehead atoms. The highest BCUT2D eigenvalue weighted by Crippen LogP contribution is 2.23. The number of sulfonamides is 1. The second-order valence-corrected chi connectivity index (χ2v) is 7.03. The van der Waals surface area contributed by atoms with E-state index in [1.165, 1.54) is 24.3 Å². The topological polar surface area (TPSA) is 91.7 Å². The number of benzene rings is 1. The van der Waals surface area contributed by atoms with Crippen molar-refractivity contribution < 1.29 is 27.5 Å². The van der Waals surface area contributed by atoms with Crippen LogP contribution in [0.1, 0.15) is 29.6 Å². The highest BCUT2D eigenvalue weighted by Gasteiger charge is 2.32. The molecule has 1 aliphatic heterocycles. The molecule has 0 spiro atoms. The van der Waals surface area contributed by atoms with Gasteiger partial charge in [-0.3, -0.25) is 9.59 Å². The number of carbonyl (C=O) groups is 2. The van der Waals surface area contributed by atoms with Gasteiger partial charge in [-0.05, 0) is 18.6 Å². The third kappa shape index (κ3) is 3.69. The Kier molecular flexibility index (Phi) is 4.92. The van der Waals surface area contributed by atoms with Crippen LogP contribution in [0.2, 0.25) is 0 Å². The summed E-state index contributed by atoms with van der Waals surface area (Å²) in [4.78, 5) is 22.2. The molecule has 0 saturated carbocycles. The molecule has 8 heteroatoms. The largest absolute Gasteiger partial charge is 0.481 e. The number of Topliss-reactive ketones (excluding diaryl/α,β-unsaturated/α-hetero) is 1. The van der Waals surface area contributed by atoms with E-state index in [-0.39, 0.29) is 48.6 Å². The lowest BCUT2D eigenvalue weighted by Gasteiger charge is -2.15. The first kappa shape index (κ1) is 16.6. The van der Waals surface area contributed by atoms with Gasteiger partial charge in [-0.2, -0.15) is 4.31 Å². The van der Waals surface area contributed by atoms with Crippen LogP contribution in [-0.4, -0.2) is 48.8 Å². The lowest BCUT2D eigenvalue weighted by atomic mass is 10.1. The lowest BCUT2D eigenvalue weighted by molar-refractivity contribution is -0.136. The summed E-state index contributed by atoms with van der Waals surface area (Å²) in [6.45, 7) is -0.00950. The number of nitrogens with zero attached hydrogens (tertiary/aromatic N) is 1. The summed E-state index contributed by atoms with van der Waals surface area (Å²) in [5, 5.41) is 8.54. The first-order valence-electron chi connectivity index (χ1n) is 6.80. The molecule has 1 aliphatic rings. The number of ketones is 1. The van der Waals surface area contributed by atoms with Crippen molar-refractivity contribution >= 4 is 21.8 Å². The quantitative estimate of drug-likeness (QED) is 0.798. The number of halogens is 1. The SMILES string of the molecule is O=C(O)CCC(=O)c1ccc(S(=O)(=O)N2CC[C@@H](F)C2)cc1. The van der Waals surface area contributed by atoms with Crippen LogP contribution in [0.3, 0.4) is 0 Å². The maximum atomic E-state index is 13.1. The Labute approximate surface area is 127 Å². The summed E-state index contributed by atoms with van der Waals surface area (Å²) in [5.74, 6) is -1.43. The smallest absolute Gasteiger partial charge is 0.303 e. The average Bonchev–Trinajstić information content (AvgIpc) is 2.92. The molecule has 1 atom stereocenters. The molecule has 2 rings (SSSR count). The average molecular weight is 329 g/mol. The van der Waals surface area contributed by atoms with Gasteiger partial charge in [0.05, 0.1) is 11.3 Å². The first-order valence-corrected chi connectivity index (χ1v) is 8.24. The third-order valence-electron chi connectivity index (χ3n) is 3.47. The van der Waals surface area contributed by atoms with Crippen molar-refractivity contribution in [3.05, 3.63) is 29.8 Å². The molecule has 6 nitrogen and oxygen atoms in total. The molecular formula is C14H16FNO5S. The maximum Gasteiger partial charge on any atom is 0.303 e. The van der Waals surface area contributed by atoms with E-state index in [1.807, 2.05) is 0 Å². The first-order chi connectivity index (χ1) is 10.3. The van der Waals surface area contributed by atoms with Crippen LogP contribution < -0.4 is 0 Å². The molecule has 120 valence electrons. The molecule has 0 aliphatic carbocycles. The highest BCUT2D eigenvalue weighted by atomic mass is 32.2. The fourth-order valence-corrected chi connectivity index (χ4v) is 3.71. The number of alkyl halides is 1. The second kappa shape index (κ2) is 6.53. The minimum atomic E-state index is -3.75. The Hall–Kier alpha value is -1.80. The van der Waals surface area contributed by atoms with Gasteiger partial charge in [-0.1, -0.05) is 12.1 Å². The van der Waals surface area contributed by atoms with Crippen LogP contribution >= 0.6 is 0 Å². The van der Waals surface area contributed by atoms with E-state index in [2.05, 4.69) is 0 Å². The number of aliphatic carboxylic acids is 1. The summed E-state index contributed by atoms with van der Waals surface area (Å²) < 4.78 is 38.8. The van der Waals surface area contributed by atoms with E-state index in [0.29, 0.717) is 0 Å². The van der Waals surface area contributed by atoms with Crippen LogP contribution in [0.5, 0.6) is 0 Å². The van der Waals surface area contributed by atoms with Crippen molar-refractivity contribution in [2.45, 2.75) is 30.3 Å². The van der Waals surface area contributed by atoms with E-state index < -0.39 is 22.2 Å². The summed E-state index contributed by atoms with van der Waals surface area (Å²) in [7, 11) is -3.75. The minimum Gasteiger partial charge on any atom is -0.481 e. The Balaban J connectivity index is 2.11. The number of carboxylic acids is 1. The van der Waals surface area contributed by atoms with Gasteiger partial charge in [0.2, 0.25) is 10.0 Å². The Morgan fingerprint density at radius 3 is 2.36 bits per heavy atom. The highest BCUT2D eigenvalue weighted by molar-refractivity contribution is 7.89. The summed E-state index contributed by atoms with van der Waals surface area (Å²) in [5.41, 5.74) is 0.255. The molecule has 0 unspecified atom stereocenters. The van der Waals surface area contributed by atoms with Crippen LogP contribution in [0.4, 0.5) is 4.39 Å². The molecule has 0 amide bonds. The Morgan fingerprint density at radius 1 is 1.23 bits per heavy atom. The van der Waals surface area contributed by atoms with Gasteiger partial charge in [-0.15, -0.1) is 0 Å². The van der Waals surface area contributed by atoms with Crippen LogP contribution in [0.25, 0.3) is 0 Å². The molecule has 0 radical (unpaired) electrons. The zero-order valence-corrected chi connectivity index (χ0v) is 12.6. The van der Waals surface area contributed by atoms with Crippen molar-refractivity contribution in [1.82, 2.24) is 4.31 Å². The summed E-state index contributed by atoms with van der Waals surface area (Å²) in [6, 6.07) is 5.27. The summed E-state index contributed by atoms with van der Waals surface area (Å²) >= 11 is 0. The van der Waals surface area contributed by atoms with Gasteiger partial charge >= 0.3 is 5.97 Å². The maximum absolute atomic E-state index is 13.1. The molecule has 22 heavy (non-hydrogen) atoms. The van der Waals surface area contributed by atoms with E-state index >= 15 is 0 Å². The van der Waals surface area contributed by atoms with Crippen LogP contribution in [0.15, 0.2) is 29.2 Å². The number of carboxylic acid groups (broad SMARTS) is 1. The lowest BCUT2D eigenvalue weighted by Crippen LogP contribution is -2.29. The van der Waals surface area contributed by atoms with Gasteiger partial charge in [0, 0.05) is 25.1 Å². The normalized spacial score (nSPS) is 19.2. The van der Waals surface area contributed by atoms with Gasteiger partial charge in [-0.25, -0.2) is 12.8 Å². The molecule has 1 aromatic rings. The fourth-order valence-electron chi connectivity index (χ4n) is 2.23. The molecule has 1 saturated heterocycles. The van der Waals surface area contributed by atoms with E-state index in [9.17, 15) is 22.4 Å². The predicted octanol–water partition coefficient (Wildman–Crippen LogP) is 1.47. The van der Waals surface area contributed by atoms with E-state index in [1.54, 1.807) is 0 Å². The predicted molar refractivity (Wildman–Crippen MR) is 75.9 cm³/mol. The van der Waals surface area contributed by atoms with Crippen LogP contribution in [-0.2, 0) is 14.8 Å². The van der Waals surface area contributed by atoms with Crippen molar-refractivity contribution in [2.24, 2.45) is 0 Å². The molecule has 1 N–H and O–H groups in total. The zero-order chi connectivity index (χ0) is 16.3. The van der Waals surface area contributed by atoms with E-state index in [4.69, 9.17) is 5.11 Å². The molecule has 1 fully saturated rings. The summed E-state index contributed by atoms with van der Waals surface area (Å²) in [6.07, 6.45) is -1.38. The molecule has 1 aromatic carbocycles. The fraction of sp³-hybridized carbons (Fsp3) is 0.429. The van der Waals surface area contributed by atoms with Crippen molar-refractivity contribution in [1.29, 1.82) is 0 Å².